The fraction of sp³-hybridized carbons (Fsp3) is 0.409. The molecular formula is C22H24Cl2F2N4O4S. The molecule has 3 N–H and O–H groups in total. The Morgan fingerprint density at radius 2 is 1.89 bits per heavy atom. The second kappa shape index (κ2) is 11.0. The zero-order valence-electron chi connectivity index (χ0n) is 19.1. The number of rotatable bonds is 5. The molecule has 1 aliphatic heterocycles. The minimum absolute atomic E-state index is 0.0633. The fourth-order valence-electron chi connectivity index (χ4n) is 3.22. The Morgan fingerprint density at radius 1 is 1.17 bits per heavy atom. The lowest BCUT2D eigenvalue weighted by Crippen LogP contribution is -2.34. The Bertz CT molecular complexity index is 1140. The molecule has 1 fully saturated rings. The number of alkyl halides is 2. The van der Waals surface area contributed by atoms with Crippen molar-refractivity contribution >= 4 is 63.1 Å². The Morgan fingerprint density at radius 3 is 2.54 bits per heavy atom. The van der Waals surface area contributed by atoms with Crippen molar-refractivity contribution in [3.63, 3.8) is 0 Å². The molecule has 1 aromatic heterocycles. The van der Waals surface area contributed by atoms with Gasteiger partial charge in [0.1, 0.15) is 15.8 Å². The van der Waals surface area contributed by atoms with E-state index in [1.54, 1.807) is 11.0 Å². The molecule has 2 aromatic rings. The second-order valence-electron chi connectivity index (χ2n) is 8.69. The topological polar surface area (TPSA) is 99.8 Å². The van der Waals surface area contributed by atoms with Crippen LogP contribution in [0.2, 0.25) is 10.0 Å². The number of hydrogen-bond donors (Lipinski definition) is 3. The highest BCUT2D eigenvalue weighted by molar-refractivity contribution is 7.16. The number of carbonyl (C=O) groups is 3. The minimum Gasteiger partial charge on any atom is -0.433 e. The number of amides is 4. The molecule has 1 saturated heterocycles. The van der Waals surface area contributed by atoms with Crippen LogP contribution in [0, 0.1) is 0 Å². The average Bonchev–Trinajstić information content (AvgIpc) is 3.07. The van der Waals surface area contributed by atoms with Crippen molar-refractivity contribution < 1.29 is 27.9 Å². The van der Waals surface area contributed by atoms with E-state index in [4.69, 9.17) is 23.2 Å². The number of hydrogen-bond acceptors (Lipinski definition) is 5. The summed E-state index contributed by atoms with van der Waals surface area (Å²) in [7, 11) is 0. The number of nitrogens with zero attached hydrogens (tertiary/aromatic N) is 1. The third-order valence-corrected chi connectivity index (χ3v) is 7.38. The summed E-state index contributed by atoms with van der Waals surface area (Å²) in [5, 5.41) is 7.76. The fourth-order valence-corrected chi connectivity index (χ4v) is 4.74. The standard InChI is InChI=1S/C22H24Cl2F2N4O4S/c1-22(2,3)14-10-11(19(32)30-8-6-15(31)27-7-9-30)18(35-14)29-21(33)28-12-4-5-13(34-20(25)26)17(24)16(12)23/h4-5,10,20H,6-9H2,1-3H3,(H,27,31)(H2,28,29,33). The minimum atomic E-state index is -3.09. The Labute approximate surface area is 214 Å². The first-order chi connectivity index (χ1) is 16.4. The van der Waals surface area contributed by atoms with E-state index < -0.39 is 12.6 Å². The molecule has 0 aliphatic carbocycles. The molecular weight excluding hydrogens is 525 g/mol. The van der Waals surface area contributed by atoms with Gasteiger partial charge in [0.2, 0.25) is 5.91 Å². The molecule has 1 aliphatic rings. The van der Waals surface area contributed by atoms with Gasteiger partial charge in [-0.25, -0.2) is 4.79 Å². The molecule has 2 heterocycles. The first-order valence-electron chi connectivity index (χ1n) is 10.6. The predicted octanol–water partition coefficient (Wildman–Crippen LogP) is 5.56. The molecule has 3 rings (SSSR count). The lowest BCUT2D eigenvalue weighted by Gasteiger charge is -2.20. The van der Waals surface area contributed by atoms with Crippen molar-refractivity contribution in [2.75, 3.05) is 30.3 Å². The molecule has 190 valence electrons. The van der Waals surface area contributed by atoms with Gasteiger partial charge in [-0.15, -0.1) is 11.3 Å². The highest BCUT2D eigenvalue weighted by Crippen LogP contribution is 2.39. The number of benzene rings is 1. The molecule has 13 heteroatoms. The Kier molecular flexibility index (Phi) is 8.45. The third-order valence-electron chi connectivity index (χ3n) is 5.04. The van der Waals surface area contributed by atoms with Gasteiger partial charge in [0.05, 0.1) is 16.3 Å². The number of nitrogens with one attached hydrogen (secondary N) is 3. The number of urea groups is 1. The van der Waals surface area contributed by atoms with E-state index in [2.05, 4.69) is 20.7 Å². The van der Waals surface area contributed by atoms with E-state index in [-0.39, 0.29) is 51.7 Å². The van der Waals surface area contributed by atoms with Gasteiger partial charge in [-0.2, -0.15) is 8.78 Å². The number of anilines is 2. The van der Waals surface area contributed by atoms with E-state index in [1.807, 2.05) is 20.8 Å². The summed E-state index contributed by atoms with van der Waals surface area (Å²) >= 11 is 13.3. The van der Waals surface area contributed by atoms with Crippen molar-refractivity contribution in [3.05, 3.63) is 38.7 Å². The molecule has 4 amide bonds. The van der Waals surface area contributed by atoms with Gasteiger partial charge in [0.25, 0.3) is 5.91 Å². The molecule has 0 atom stereocenters. The normalized spacial score (nSPS) is 14.4. The van der Waals surface area contributed by atoms with Crippen LogP contribution in [0.3, 0.4) is 0 Å². The summed E-state index contributed by atoms with van der Waals surface area (Å²) in [4.78, 5) is 40.2. The largest absolute Gasteiger partial charge is 0.433 e. The lowest BCUT2D eigenvalue weighted by atomic mass is 9.94. The Balaban J connectivity index is 1.83. The first-order valence-corrected chi connectivity index (χ1v) is 12.1. The van der Waals surface area contributed by atoms with E-state index in [0.717, 1.165) is 10.9 Å². The van der Waals surface area contributed by atoms with Crippen molar-refractivity contribution in [2.45, 2.75) is 39.2 Å². The molecule has 0 bridgehead atoms. The second-order valence-corrected chi connectivity index (χ2v) is 10.5. The van der Waals surface area contributed by atoms with E-state index in [9.17, 15) is 23.2 Å². The van der Waals surface area contributed by atoms with Crippen molar-refractivity contribution in [1.29, 1.82) is 0 Å². The average molecular weight is 549 g/mol. The van der Waals surface area contributed by atoms with E-state index in [1.165, 1.54) is 17.4 Å². The van der Waals surface area contributed by atoms with Crippen LogP contribution in [0.15, 0.2) is 18.2 Å². The molecule has 1 aromatic carbocycles. The first kappa shape index (κ1) is 27.0. The van der Waals surface area contributed by atoms with Crippen LogP contribution < -0.4 is 20.7 Å². The summed E-state index contributed by atoms with van der Waals surface area (Å²) in [6.07, 6.45) is 0.190. The molecule has 0 spiro atoms. The van der Waals surface area contributed by atoms with E-state index >= 15 is 0 Å². The summed E-state index contributed by atoms with van der Waals surface area (Å²) in [5.74, 6) is -0.763. The van der Waals surface area contributed by atoms with Crippen LogP contribution in [0.25, 0.3) is 0 Å². The van der Waals surface area contributed by atoms with Gasteiger partial charge in [-0.3, -0.25) is 14.9 Å². The van der Waals surface area contributed by atoms with Gasteiger partial charge in [0.15, 0.2) is 0 Å². The summed E-state index contributed by atoms with van der Waals surface area (Å²) in [6, 6.07) is 3.45. The van der Waals surface area contributed by atoms with Crippen molar-refractivity contribution in [1.82, 2.24) is 10.2 Å². The lowest BCUT2D eigenvalue weighted by molar-refractivity contribution is -0.120. The maximum absolute atomic E-state index is 13.3. The number of halogens is 4. The molecule has 0 saturated carbocycles. The zero-order chi connectivity index (χ0) is 25.9. The Hall–Kier alpha value is -2.63. The summed E-state index contributed by atoms with van der Waals surface area (Å²) < 4.78 is 29.3. The quantitative estimate of drug-likeness (QED) is 0.455. The van der Waals surface area contributed by atoms with Crippen LogP contribution in [0.1, 0.15) is 42.4 Å². The molecule has 35 heavy (non-hydrogen) atoms. The van der Waals surface area contributed by atoms with Crippen molar-refractivity contribution in [2.24, 2.45) is 0 Å². The highest BCUT2D eigenvalue weighted by Gasteiger charge is 2.28. The van der Waals surface area contributed by atoms with E-state index in [0.29, 0.717) is 23.7 Å². The molecule has 0 unspecified atom stereocenters. The van der Waals surface area contributed by atoms with Crippen LogP contribution in [0.5, 0.6) is 5.75 Å². The van der Waals surface area contributed by atoms with Crippen LogP contribution >= 0.6 is 34.5 Å². The maximum Gasteiger partial charge on any atom is 0.387 e. The van der Waals surface area contributed by atoms with Crippen LogP contribution in [-0.4, -0.2) is 49.0 Å². The van der Waals surface area contributed by atoms with Gasteiger partial charge < -0.3 is 20.3 Å². The SMILES string of the molecule is CC(C)(C)c1cc(C(=O)N2CCNC(=O)CC2)c(NC(=O)Nc2ccc(OC(F)F)c(Cl)c2Cl)s1. The van der Waals surface area contributed by atoms with Gasteiger partial charge in [0, 0.05) is 30.9 Å². The van der Waals surface area contributed by atoms with Crippen LogP contribution in [-0.2, 0) is 10.2 Å². The van der Waals surface area contributed by atoms with Crippen molar-refractivity contribution in [3.8, 4) is 5.75 Å². The molecule has 0 radical (unpaired) electrons. The third kappa shape index (κ3) is 6.74. The summed E-state index contributed by atoms with van der Waals surface area (Å²) in [6.45, 7) is 3.81. The smallest absolute Gasteiger partial charge is 0.387 e. The molecule has 8 nitrogen and oxygen atoms in total. The van der Waals surface area contributed by atoms with Gasteiger partial charge >= 0.3 is 12.6 Å². The maximum atomic E-state index is 13.3. The monoisotopic (exact) mass is 548 g/mol. The van der Waals surface area contributed by atoms with Gasteiger partial charge in [-0.05, 0) is 23.6 Å². The summed E-state index contributed by atoms with van der Waals surface area (Å²) in [5.41, 5.74) is 0.0756. The zero-order valence-corrected chi connectivity index (χ0v) is 21.5. The number of thiophene rings is 1. The van der Waals surface area contributed by atoms with Gasteiger partial charge in [-0.1, -0.05) is 44.0 Å². The highest BCUT2D eigenvalue weighted by atomic mass is 35.5. The van der Waals surface area contributed by atoms with Crippen LogP contribution in [0.4, 0.5) is 24.3 Å². The number of carbonyl (C=O) groups excluding carboxylic acids is 3. The predicted molar refractivity (Wildman–Crippen MR) is 132 cm³/mol. The number of ether oxygens (including phenoxy) is 1.